The third-order valence-electron chi connectivity index (χ3n) is 3.35. The average Bonchev–Trinajstić information content (AvgIpc) is 2.38. The monoisotopic (exact) mass is 373 g/mol. The zero-order valence-electron chi connectivity index (χ0n) is 10.5. The van der Waals surface area contributed by atoms with Crippen molar-refractivity contribution in [1.29, 1.82) is 0 Å². The number of nitrogens with zero attached hydrogens (tertiary/aromatic N) is 1. The Bertz CT molecular complexity index is 489. The van der Waals surface area contributed by atoms with Crippen LogP contribution in [0.3, 0.4) is 0 Å². The first-order valence-electron chi connectivity index (χ1n) is 6.34. The van der Waals surface area contributed by atoms with Crippen LogP contribution in [0.4, 0.5) is 0 Å². The van der Waals surface area contributed by atoms with Crippen molar-refractivity contribution in [3.8, 4) is 0 Å². The van der Waals surface area contributed by atoms with Crippen LogP contribution in [0.25, 0.3) is 0 Å². The lowest BCUT2D eigenvalue weighted by Crippen LogP contribution is -2.48. The lowest BCUT2D eigenvalue weighted by Gasteiger charge is -2.33. The third-order valence-corrected chi connectivity index (χ3v) is 4.02. The van der Waals surface area contributed by atoms with E-state index in [0.29, 0.717) is 13.0 Å². The van der Waals surface area contributed by atoms with Crippen molar-refractivity contribution in [3.63, 3.8) is 0 Å². The molecule has 1 aliphatic heterocycles. The predicted molar refractivity (Wildman–Crippen MR) is 79.9 cm³/mol. The van der Waals surface area contributed by atoms with Crippen LogP contribution >= 0.6 is 22.6 Å². The van der Waals surface area contributed by atoms with Crippen LogP contribution < -0.4 is 0 Å². The molecule has 1 aromatic carbocycles. The fraction of sp³-hybridized carbons (Fsp3) is 0.429. The van der Waals surface area contributed by atoms with E-state index in [-0.39, 0.29) is 12.3 Å². The first kappa shape index (κ1) is 14.3. The number of benzene rings is 1. The van der Waals surface area contributed by atoms with Crippen LogP contribution in [-0.4, -0.2) is 34.5 Å². The number of rotatable bonds is 3. The number of hydrogen-bond acceptors (Lipinski definition) is 2. The quantitative estimate of drug-likeness (QED) is 0.828. The minimum Gasteiger partial charge on any atom is -0.480 e. The van der Waals surface area contributed by atoms with Gasteiger partial charge in [-0.15, -0.1) is 0 Å². The fourth-order valence-corrected chi connectivity index (χ4v) is 3.02. The molecular formula is C14H16INO3. The molecule has 0 aromatic heterocycles. The smallest absolute Gasteiger partial charge is 0.326 e. The highest BCUT2D eigenvalue weighted by Gasteiger charge is 2.31. The summed E-state index contributed by atoms with van der Waals surface area (Å²) in [6, 6.07) is 7.09. The molecule has 5 heteroatoms. The van der Waals surface area contributed by atoms with Crippen LogP contribution in [0.15, 0.2) is 24.3 Å². The maximum absolute atomic E-state index is 12.3. The van der Waals surface area contributed by atoms with Gasteiger partial charge in [-0.2, -0.15) is 0 Å². The number of piperidine rings is 1. The molecule has 2 rings (SSSR count). The number of carbonyl (C=O) groups is 2. The summed E-state index contributed by atoms with van der Waals surface area (Å²) < 4.78 is 1.08. The molecule has 19 heavy (non-hydrogen) atoms. The van der Waals surface area contributed by atoms with E-state index in [2.05, 4.69) is 22.6 Å². The van der Waals surface area contributed by atoms with Crippen LogP contribution in [0.1, 0.15) is 24.8 Å². The van der Waals surface area contributed by atoms with Gasteiger partial charge in [0.05, 0.1) is 6.42 Å². The highest BCUT2D eigenvalue weighted by atomic mass is 127. The van der Waals surface area contributed by atoms with Crippen molar-refractivity contribution in [2.24, 2.45) is 0 Å². The van der Waals surface area contributed by atoms with Gasteiger partial charge in [0.1, 0.15) is 6.04 Å². The second kappa shape index (κ2) is 6.36. The Kier molecular flexibility index (Phi) is 4.79. The van der Waals surface area contributed by atoms with Crippen LogP contribution in [-0.2, 0) is 16.0 Å². The summed E-state index contributed by atoms with van der Waals surface area (Å²) in [7, 11) is 0. The second-order valence-corrected chi connectivity index (χ2v) is 5.99. The van der Waals surface area contributed by atoms with Gasteiger partial charge < -0.3 is 10.0 Å². The van der Waals surface area contributed by atoms with Gasteiger partial charge in [-0.1, -0.05) is 12.1 Å². The molecule has 102 valence electrons. The molecule has 1 N–H and O–H groups in total. The minimum absolute atomic E-state index is 0.0888. The zero-order valence-corrected chi connectivity index (χ0v) is 12.7. The number of hydrogen-bond donors (Lipinski definition) is 1. The van der Waals surface area contributed by atoms with Crippen molar-refractivity contribution < 1.29 is 14.7 Å². The number of amides is 1. The first-order valence-corrected chi connectivity index (χ1v) is 7.42. The standard InChI is InChI=1S/C14H16INO3/c15-11-5-3-4-10(8-11)9-13(17)16-7-2-1-6-12(16)14(18)19/h3-5,8,12H,1-2,6-7,9H2,(H,18,19). The van der Waals surface area contributed by atoms with Crippen LogP contribution in [0.2, 0.25) is 0 Å². The number of carboxylic acids is 1. The molecule has 1 saturated heterocycles. The number of carbonyl (C=O) groups excluding carboxylic acids is 1. The molecule has 1 heterocycles. The molecule has 1 fully saturated rings. The lowest BCUT2D eigenvalue weighted by molar-refractivity contribution is -0.151. The molecule has 4 nitrogen and oxygen atoms in total. The Labute approximate surface area is 125 Å². The molecular weight excluding hydrogens is 357 g/mol. The van der Waals surface area contributed by atoms with E-state index in [4.69, 9.17) is 0 Å². The third kappa shape index (κ3) is 3.68. The molecule has 1 amide bonds. The fourth-order valence-electron chi connectivity index (χ4n) is 2.41. The molecule has 1 aromatic rings. The molecule has 1 atom stereocenters. The molecule has 0 radical (unpaired) electrons. The highest BCUT2D eigenvalue weighted by molar-refractivity contribution is 14.1. The van der Waals surface area contributed by atoms with Crippen molar-refractivity contribution in [2.75, 3.05) is 6.54 Å². The van der Waals surface area contributed by atoms with E-state index in [1.807, 2.05) is 24.3 Å². The lowest BCUT2D eigenvalue weighted by atomic mass is 10.0. The Balaban J connectivity index is 2.07. The normalized spacial score (nSPS) is 19.2. The van der Waals surface area contributed by atoms with E-state index in [0.717, 1.165) is 22.0 Å². The first-order chi connectivity index (χ1) is 9.08. The molecule has 1 aliphatic rings. The Morgan fingerprint density at radius 2 is 2.16 bits per heavy atom. The van der Waals surface area contributed by atoms with Gasteiger partial charge in [0.15, 0.2) is 0 Å². The summed E-state index contributed by atoms with van der Waals surface area (Å²) in [5.74, 6) is -0.982. The van der Waals surface area contributed by atoms with Crippen LogP contribution in [0.5, 0.6) is 0 Å². The summed E-state index contributed by atoms with van der Waals surface area (Å²) >= 11 is 2.20. The van der Waals surface area contributed by atoms with Crippen molar-refractivity contribution in [1.82, 2.24) is 4.90 Å². The summed E-state index contributed by atoms with van der Waals surface area (Å²) in [6.45, 7) is 0.555. The maximum Gasteiger partial charge on any atom is 0.326 e. The van der Waals surface area contributed by atoms with Gasteiger partial charge in [0.2, 0.25) is 5.91 Å². The van der Waals surface area contributed by atoms with E-state index < -0.39 is 12.0 Å². The van der Waals surface area contributed by atoms with E-state index in [1.165, 1.54) is 4.90 Å². The van der Waals surface area contributed by atoms with Gasteiger partial charge >= 0.3 is 5.97 Å². The van der Waals surface area contributed by atoms with Gasteiger partial charge in [-0.25, -0.2) is 4.79 Å². The van der Waals surface area contributed by atoms with E-state index >= 15 is 0 Å². The zero-order chi connectivity index (χ0) is 13.8. The van der Waals surface area contributed by atoms with Gasteiger partial charge in [-0.05, 0) is 59.5 Å². The second-order valence-electron chi connectivity index (χ2n) is 4.74. The summed E-state index contributed by atoms with van der Waals surface area (Å²) in [4.78, 5) is 25.0. The predicted octanol–water partition coefficient (Wildman–Crippen LogP) is 2.30. The maximum atomic E-state index is 12.3. The minimum atomic E-state index is -0.893. The van der Waals surface area contributed by atoms with Crippen molar-refractivity contribution in [2.45, 2.75) is 31.7 Å². The highest BCUT2D eigenvalue weighted by Crippen LogP contribution is 2.19. The Morgan fingerprint density at radius 1 is 1.37 bits per heavy atom. The number of likely N-dealkylation sites (tertiary alicyclic amines) is 1. The molecule has 1 unspecified atom stereocenters. The average molecular weight is 373 g/mol. The Morgan fingerprint density at radius 3 is 2.84 bits per heavy atom. The molecule has 0 spiro atoms. The van der Waals surface area contributed by atoms with Crippen molar-refractivity contribution >= 4 is 34.5 Å². The number of aliphatic carboxylic acids is 1. The topological polar surface area (TPSA) is 57.6 Å². The largest absolute Gasteiger partial charge is 0.480 e. The number of halogens is 1. The summed E-state index contributed by atoms with van der Waals surface area (Å²) in [6.07, 6.45) is 2.61. The van der Waals surface area contributed by atoms with Gasteiger partial charge in [0, 0.05) is 10.1 Å². The van der Waals surface area contributed by atoms with E-state index in [9.17, 15) is 14.7 Å². The molecule has 0 bridgehead atoms. The summed E-state index contributed by atoms with van der Waals surface area (Å²) in [5, 5.41) is 9.17. The van der Waals surface area contributed by atoms with Crippen LogP contribution in [0, 0.1) is 3.57 Å². The molecule has 0 aliphatic carbocycles. The number of carboxylic acid groups (broad SMARTS) is 1. The van der Waals surface area contributed by atoms with Crippen molar-refractivity contribution in [3.05, 3.63) is 33.4 Å². The summed E-state index contributed by atoms with van der Waals surface area (Å²) in [5.41, 5.74) is 0.937. The van der Waals surface area contributed by atoms with Gasteiger partial charge in [-0.3, -0.25) is 4.79 Å². The van der Waals surface area contributed by atoms with Gasteiger partial charge in [0.25, 0.3) is 0 Å². The van der Waals surface area contributed by atoms with E-state index in [1.54, 1.807) is 0 Å². The SMILES string of the molecule is O=C(O)C1CCCCN1C(=O)Cc1cccc(I)c1. The Hall–Kier alpha value is -1.11. The molecule has 0 saturated carbocycles.